The standard InChI is InChI=1S/C15H11BrClNOS/c16-8-7-15(19)18-11-3-1-2-4-13(11)20-14-6-5-10(17)9-12(14)18/h1-6,9H,7-8H2. The van der Waals surface area contributed by atoms with Crippen LogP contribution in [0.2, 0.25) is 5.02 Å². The Kier molecular flexibility index (Phi) is 4.06. The second-order valence-corrected chi connectivity index (χ2v) is 6.66. The molecule has 3 rings (SSSR count). The first-order chi connectivity index (χ1) is 9.70. The Hall–Kier alpha value is -0.970. The van der Waals surface area contributed by atoms with Gasteiger partial charge >= 0.3 is 0 Å². The SMILES string of the molecule is O=C(CCBr)N1c2ccccc2Sc2ccc(Cl)cc21. The normalized spacial score (nSPS) is 12.8. The molecule has 0 bridgehead atoms. The van der Waals surface area contributed by atoms with Gasteiger partial charge in [0.2, 0.25) is 5.91 Å². The smallest absolute Gasteiger partial charge is 0.232 e. The van der Waals surface area contributed by atoms with E-state index in [1.54, 1.807) is 16.7 Å². The van der Waals surface area contributed by atoms with Crippen LogP contribution in [0.3, 0.4) is 0 Å². The van der Waals surface area contributed by atoms with Gasteiger partial charge in [-0.15, -0.1) is 0 Å². The van der Waals surface area contributed by atoms with E-state index in [1.165, 1.54) is 0 Å². The van der Waals surface area contributed by atoms with Gasteiger partial charge in [0, 0.05) is 26.6 Å². The number of halogens is 2. The van der Waals surface area contributed by atoms with Crippen molar-refractivity contribution in [3.8, 4) is 0 Å². The van der Waals surface area contributed by atoms with E-state index in [0.29, 0.717) is 16.8 Å². The van der Waals surface area contributed by atoms with E-state index < -0.39 is 0 Å². The van der Waals surface area contributed by atoms with Crippen molar-refractivity contribution in [2.75, 3.05) is 10.2 Å². The molecule has 0 spiro atoms. The van der Waals surface area contributed by atoms with Gasteiger partial charge in [0.15, 0.2) is 0 Å². The van der Waals surface area contributed by atoms with Crippen LogP contribution in [0.15, 0.2) is 52.3 Å². The van der Waals surface area contributed by atoms with Crippen molar-refractivity contribution < 1.29 is 4.79 Å². The van der Waals surface area contributed by atoms with E-state index in [1.807, 2.05) is 42.5 Å². The number of hydrogen-bond acceptors (Lipinski definition) is 2. The van der Waals surface area contributed by atoms with Crippen LogP contribution >= 0.6 is 39.3 Å². The van der Waals surface area contributed by atoms with E-state index in [2.05, 4.69) is 15.9 Å². The van der Waals surface area contributed by atoms with Crippen molar-refractivity contribution in [2.45, 2.75) is 16.2 Å². The van der Waals surface area contributed by atoms with Crippen LogP contribution in [0.5, 0.6) is 0 Å². The lowest BCUT2D eigenvalue weighted by molar-refractivity contribution is -0.117. The molecule has 0 N–H and O–H groups in total. The van der Waals surface area contributed by atoms with Crippen molar-refractivity contribution in [1.29, 1.82) is 0 Å². The Morgan fingerprint density at radius 1 is 1.15 bits per heavy atom. The van der Waals surface area contributed by atoms with Crippen molar-refractivity contribution >= 4 is 56.6 Å². The summed E-state index contributed by atoms with van der Waals surface area (Å²) in [6, 6.07) is 13.6. The third kappa shape index (κ3) is 2.48. The largest absolute Gasteiger partial charge is 0.279 e. The molecule has 1 aliphatic heterocycles. The number of rotatable bonds is 2. The second kappa shape index (κ2) is 5.80. The fourth-order valence-corrected chi connectivity index (χ4v) is 3.73. The Balaban J connectivity index is 2.16. The summed E-state index contributed by atoms with van der Waals surface area (Å²) >= 11 is 11.1. The molecule has 0 fully saturated rings. The number of anilines is 2. The molecule has 0 saturated carbocycles. The van der Waals surface area contributed by atoms with Gasteiger partial charge in [0.05, 0.1) is 11.4 Å². The third-order valence-electron chi connectivity index (χ3n) is 3.05. The summed E-state index contributed by atoms with van der Waals surface area (Å²) in [6.07, 6.45) is 0.449. The Labute approximate surface area is 135 Å². The summed E-state index contributed by atoms with van der Waals surface area (Å²) in [6.45, 7) is 0. The van der Waals surface area contributed by atoms with Crippen LogP contribution in [-0.4, -0.2) is 11.2 Å². The van der Waals surface area contributed by atoms with Crippen molar-refractivity contribution in [3.05, 3.63) is 47.5 Å². The molecule has 1 heterocycles. The molecule has 1 aliphatic rings. The summed E-state index contributed by atoms with van der Waals surface area (Å²) in [5.41, 5.74) is 1.80. The predicted octanol–water partition coefficient (Wildman–Crippen LogP) is 5.25. The molecule has 20 heavy (non-hydrogen) atoms. The third-order valence-corrected chi connectivity index (χ3v) is 4.81. The number of alkyl halides is 1. The zero-order chi connectivity index (χ0) is 14.1. The topological polar surface area (TPSA) is 20.3 Å². The van der Waals surface area contributed by atoms with Crippen molar-refractivity contribution in [3.63, 3.8) is 0 Å². The van der Waals surface area contributed by atoms with Crippen LogP contribution in [0.1, 0.15) is 6.42 Å². The fourth-order valence-electron chi connectivity index (χ4n) is 2.19. The molecular formula is C15H11BrClNOS. The average Bonchev–Trinajstić information content (AvgIpc) is 2.45. The highest BCUT2D eigenvalue weighted by Crippen LogP contribution is 2.48. The molecule has 2 aromatic carbocycles. The monoisotopic (exact) mass is 367 g/mol. The molecule has 102 valence electrons. The summed E-state index contributed by atoms with van der Waals surface area (Å²) in [7, 11) is 0. The summed E-state index contributed by atoms with van der Waals surface area (Å²) < 4.78 is 0. The molecule has 2 aromatic rings. The molecule has 2 nitrogen and oxygen atoms in total. The maximum absolute atomic E-state index is 12.5. The number of carbonyl (C=O) groups excluding carboxylic acids is 1. The molecule has 0 aliphatic carbocycles. The van der Waals surface area contributed by atoms with Gasteiger partial charge in [-0.3, -0.25) is 9.69 Å². The van der Waals surface area contributed by atoms with Gasteiger partial charge in [-0.25, -0.2) is 0 Å². The van der Waals surface area contributed by atoms with E-state index in [0.717, 1.165) is 21.2 Å². The van der Waals surface area contributed by atoms with Crippen molar-refractivity contribution in [2.24, 2.45) is 0 Å². The molecule has 5 heteroatoms. The zero-order valence-electron chi connectivity index (χ0n) is 10.5. The fraction of sp³-hybridized carbons (Fsp3) is 0.133. The van der Waals surface area contributed by atoms with E-state index in [4.69, 9.17) is 11.6 Å². The quantitative estimate of drug-likeness (QED) is 0.674. The highest BCUT2D eigenvalue weighted by Gasteiger charge is 2.27. The van der Waals surface area contributed by atoms with E-state index >= 15 is 0 Å². The van der Waals surface area contributed by atoms with Gasteiger partial charge in [-0.1, -0.05) is 51.4 Å². The van der Waals surface area contributed by atoms with Gasteiger partial charge < -0.3 is 0 Å². The minimum Gasteiger partial charge on any atom is -0.279 e. The number of hydrogen-bond donors (Lipinski definition) is 0. The Morgan fingerprint density at radius 2 is 1.90 bits per heavy atom. The number of fused-ring (bicyclic) bond motifs is 2. The van der Waals surface area contributed by atoms with Gasteiger partial charge in [0.25, 0.3) is 0 Å². The Bertz CT molecular complexity index is 677. The number of benzene rings is 2. The average molecular weight is 369 g/mol. The molecule has 1 amide bonds. The minimum atomic E-state index is 0.0677. The highest BCUT2D eigenvalue weighted by molar-refractivity contribution is 9.09. The van der Waals surface area contributed by atoms with Crippen LogP contribution in [0.4, 0.5) is 11.4 Å². The lowest BCUT2D eigenvalue weighted by Crippen LogP contribution is -2.28. The number of nitrogens with zero attached hydrogens (tertiary/aromatic N) is 1. The summed E-state index contributed by atoms with van der Waals surface area (Å²) in [4.78, 5) is 16.4. The molecule has 0 aromatic heterocycles. The minimum absolute atomic E-state index is 0.0677. The van der Waals surface area contributed by atoms with Crippen LogP contribution in [0.25, 0.3) is 0 Å². The Morgan fingerprint density at radius 3 is 2.70 bits per heavy atom. The first-order valence-electron chi connectivity index (χ1n) is 6.16. The molecular weight excluding hydrogens is 358 g/mol. The zero-order valence-corrected chi connectivity index (χ0v) is 13.6. The van der Waals surface area contributed by atoms with Crippen LogP contribution < -0.4 is 4.90 Å². The summed E-state index contributed by atoms with van der Waals surface area (Å²) in [5, 5.41) is 1.29. The van der Waals surface area contributed by atoms with Gasteiger partial charge in [-0.2, -0.15) is 0 Å². The second-order valence-electron chi connectivity index (χ2n) is 4.35. The maximum atomic E-state index is 12.5. The molecule has 0 radical (unpaired) electrons. The lowest BCUT2D eigenvalue weighted by atomic mass is 10.2. The van der Waals surface area contributed by atoms with E-state index in [9.17, 15) is 4.79 Å². The van der Waals surface area contributed by atoms with Gasteiger partial charge in [0.1, 0.15) is 0 Å². The first-order valence-corrected chi connectivity index (χ1v) is 8.47. The van der Waals surface area contributed by atoms with Crippen LogP contribution in [-0.2, 0) is 4.79 Å². The lowest BCUT2D eigenvalue weighted by Gasteiger charge is -2.31. The highest BCUT2D eigenvalue weighted by atomic mass is 79.9. The van der Waals surface area contributed by atoms with Gasteiger partial charge in [-0.05, 0) is 30.3 Å². The maximum Gasteiger partial charge on any atom is 0.232 e. The van der Waals surface area contributed by atoms with Crippen LogP contribution in [0, 0.1) is 0 Å². The van der Waals surface area contributed by atoms with Crippen molar-refractivity contribution in [1.82, 2.24) is 0 Å². The molecule has 0 unspecified atom stereocenters. The first kappa shape index (κ1) is 14.0. The number of amides is 1. The molecule has 0 atom stereocenters. The van der Waals surface area contributed by atoms with E-state index in [-0.39, 0.29) is 5.91 Å². The summed E-state index contributed by atoms with van der Waals surface area (Å²) in [5.74, 6) is 0.0677. The molecule has 0 saturated heterocycles. The number of carbonyl (C=O) groups is 1. The number of para-hydroxylation sites is 1. The predicted molar refractivity (Wildman–Crippen MR) is 87.6 cm³/mol.